The zero-order chi connectivity index (χ0) is 29.5. The van der Waals surface area contributed by atoms with Crippen LogP contribution in [0.4, 0.5) is 8.78 Å². The van der Waals surface area contributed by atoms with Gasteiger partial charge in [0.1, 0.15) is 0 Å². The van der Waals surface area contributed by atoms with Gasteiger partial charge in [0.15, 0.2) is 17.4 Å². The van der Waals surface area contributed by atoms with E-state index in [9.17, 15) is 18.8 Å². The van der Waals surface area contributed by atoms with Crippen LogP contribution in [-0.4, -0.2) is 5.78 Å². The fourth-order valence-corrected chi connectivity index (χ4v) is 8.17. The maximum absolute atomic E-state index is 14.2. The maximum Gasteiger partial charge on any atom is 0.270 e. The molecule has 0 radical (unpaired) electrons. The molecule has 8 heteroatoms. The molecular weight excluding hydrogens is 622 g/mol. The van der Waals surface area contributed by atoms with Gasteiger partial charge in [0.2, 0.25) is 0 Å². The number of thiophene rings is 2. The third-order valence-corrected chi connectivity index (χ3v) is 10.5. The second kappa shape index (κ2) is 14.3. The monoisotopic (exact) mass is 652 g/mol. The Balaban J connectivity index is 1.77. The Labute approximate surface area is 257 Å². The van der Waals surface area contributed by atoms with Crippen molar-refractivity contribution in [2.24, 2.45) is 0 Å². The maximum atomic E-state index is 14.2. The molecule has 0 amide bonds. The third kappa shape index (κ3) is 6.95. The highest BCUT2D eigenvalue weighted by Gasteiger charge is 2.34. The molecule has 212 valence electrons. The van der Waals surface area contributed by atoms with Crippen molar-refractivity contribution in [3.63, 3.8) is 0 Å². The Morgan fingerprint density at radius 1 is 0.951 bits per heavy atom. The number of hydrogen-bond donors (Lipinski definition) is 0. The van der Waals surface area contributed by atoms with Crippen LogP contribution < -0.4 is 0 Å². The van der Waals surface area contributed by atoms with Crippen LogP contribution in [0.15, 0.2) is 39.3 Å². The molecule has 1 aliphatic rings. The van der Waals surface area contributed by atoms with Crippen LogP contribution in [0.25, 0.3) is 26.2 Å². The van der Waals surface area contributed by atoms with Crippen LogP contribution in [-0.2, 0) is 12.8 Å². The molecule has 0 bridgehead atoms. The van der Waals surface area contributed by atoms with Gasteiger partial charge in [0, 0.05) is 31.3 Å². The number of carbonyl (C=O) groups is 1. The summed E-state index contributed by atoms with van der Waals surface area (Å²) < 4.78 is 29.4. The first-order chi connectivity index (χ1) is 19.8. The van der Waals surface area contributed by atoms with E-state index in [1.165, 1.54) is 41.7 Å². The zero-order valence-electron chi connectivity index (χ0n) is 23.2. The van der Waals surface area contributed by atoms with Crippen molar-refractivity contribution in [3.8, 4) is 15.8 Å². The van der Waals surface area contributed by atoms with Gasteiger partial charge in [-0.1, -0.05) is 52.4 Å². The van der Waals surface area contributed by atoms with E-state index >= 15 is 0 Å². The lowest BCUT2D eigenvalue weighted by molar-refractivity contribution is 0.104. The van der Waals surface area contributed by atoms with Crippen molar-refractivity contribution < 1.29 is 13.6 Å². The summed E-state index contributed by atoms with van der Waals surface area (Å²) in [4.78, 5) is 19.8. The summed E-state index contributed by atoms with van der Waals surface area (Å²) in [5.74, 6) is -2.78. The van der Waals surface area contributed by atoms with Crippen molar-refractivity contribution >= 4 is 56.0 Å². The highest BCUT2D eigenvalue weighted by atomic mass is 79.9. The number of hydrogen-bond acceptors (Lipinski definition) is 4. The predicted octanol–water partition coefficient (Wildman–Crippen LogP) is 11.2. The summed E-state index contributed by atoms with van der Waals surface area (Å²) in [5.41, 5.74) is 2.41. The van der Waals surface area contributed by atoms with E-state index in [2.05, 4.69) is 46.8 Å². The number of halogens is 3. The Bertz CT molecular complexity index is 1580. The third-order valence-electron chi connectivity index (χ3n) is 7.24. The minimum Gasteiger partial charge on any atom is -0.289 e. The molecule has 1 aliphatic carbocycles. The van der Waals surface area contributed by atoms with E-state index in [0.29, 0.717) is 0 Å². The molecule has 1 aromatic carbocycles. The van der Waals surface area contributed by atoms with Gasteiger partial charge in [0.25, 0.3) is 5.70 Å². The molecule has 3 nitrogen and oxygen atoms in total. The number of ketones is 1. The van der Waals surface area contributed by atoms with Gasteiger partial charge in [-0.05, 0) is 88.6 Å². The molecule has 2 heterocycles. The molecule has 3 aromatic rings. The molecule has 4 rings (SSSR count). The second-order valence-corrected chi connectivity index (χ2v) is 13.6. The summed E-state index contributed by atoms with van der Waals surface area (Å²) in [7, 11) is 0. The molecule has 2 aromatic heterocycles. The van der Waals surface area contributed by atoms with Gasteiger partial charge in [0.05, 0.1) is 16.4 Å². The summed E-state index contributed by atoms with van der Waals surface area (Å²) in [5, 5.41) is 9.64. The summed E-state index contributed by atoms with van der Waals surface area (Å²) in [6.45, 7) is 11.9. The van der Waals surface area contributed by atoms with Gasteiger partial charge in [-0.2, -0.15) is 0 Å². The predicted molar refractivity (Wildman–Crippen MR) is 169 cm³/mol. The Hall–Kier alpha value is -2.91. The quantitative estimate of drug-likeness (QED) is 0.0845. The number of fused-ring (bicyclic) bond motifs is 1. The number of nitrogens with zero attached hydrogens (tertiary/aromatic N) is 2. The summed E-state index contributed by atoms with van der Waals surface area (Å²) in [6, 6.07) is 7.94. The van der Waals surface area contributed by atoms with Crippen molar-refractivity contribution in [2.45, 2.75) is 78.1 Å². The fraction of sp³-hybridized carbons (Fsp3) is 0.364. The van der Waals surface area contributed by atoms with Crippen LogP contribution in [0.1, 0.15) is 97.1 Å². The number of rotatable bonds is 12. The first-order valence-corrected chi connectivity index (χ1v) is 16.4. The number of carbonyl (C=O) groups excluding carboxylic acids is 1. The number of Topliss-reactive ketones (excluding diaryl/α,β-unsaturated/α-hetero) is 1. The van der Waals surface area contributed by atoms with E-state index in [-0.39, 0.29) is 28.0 Å². The zero-order valence-corrected chi connectivity index (χ0v) is 26.4. The molecule has 0 saturated heterocycles. The summed E-state index contributed by atoms with van der Waals surface area (Å²) in [6.07, 6.45) is 12.9. The molecule has 0 atom stereocenters. The average Bonchev–Trinajstić information content (AvgIpc) is 3.61. The van der Waals surface area contributed by atoms with E-state index in [0.717, 1.165) is 64.2 Å². The largest absolute Gasteiger partial charge is 0.289 e. The lowest BCUT2D eigenvalue weighted by Crippen LogP contribution is -1.97. The van der Waals surface area contributed by atoms with Crippen LogP contribution >= 0.6 is 38.6 Å². The topological polar surface area (TPSA) is 45.2 Å². The summed E-state index contributed by atoms with van der Waals surface area (Å²) >= 11 is 7.05. The highest BCUT2D eigenvalue weighted by molar-refractivity contribution is 9.11. The van der Waals surface area contributed by atoms with E-state index < -0.39 is 17.4 Å². The smallest absolute Gasteiger partial charge is 0.270 e. The van der Waals surface area contributed by atoms with Crippen LogP contribution in [0.3, 0.4) is 0 Å². The minimum atomic E-state index is -1.14. The number of benzene rings is 1. The minimum absolute atomic E-state index is 0.0342. The molecular formula is C33H31BrF2N2OS2. The van der Waals surface area contributed by atoms with E-state index in [4.69, 9.17) is 6.57 Å². The standard InChI is InChI=1S/C33H31BrF2N2OS2/c1-4-6-8-10-12-20-14-22(40-32(20)29-15-21(33(34)41-29)13-11-9-7-5-2)16-25-30(28(19-37)38-3)23-17-26(35)27(36)18-24(23)31(25)39/h14-18H,4-13H2,1-2H3/b25-16-,30-28-. The molecule has 41 heavy (non-hydrogen) atoms. The molecule has 0 saturated carbocycles. The van der Waals surface area contributed by atoms with Crippen LogP contribution in [0, 0.1) is 29.5 Å². The molecule has 0 spiro atoms. The van der Waals surface area contributed by atoms with Crippen molar-refractivity contribution in [2.75, 3.05) is 0 Å². The SMILES string of the molecule is [C-]#[N+]/C(C#N)=C1\C(=C\c2cc(CCCCCC)c(-c3cc(CCCCCC)c(Br)s3)s2)C(=O)c2cc(F)c(F)cc21. The fourth-order valence-electron chi connectivity index (χ4n) is 5.11. The van der Waals surface area contributed by atoms with Crippen LogP contribution in [0.5, 0.6) is 0 Å². The van der Waals surface area contributed by atoms with E-state index in [1.54, 1.807) is 28.7 Å². The van der Waals surface area contributed by atoms with Crippen LogP contribution in [0.2, 0.25) is 0 Å². The lowest BCUT2D eigenvalue weighted by atomic mass is 10.0. The number of nitriles is 1. The number of allylic oxidation sites excluding steroid dienone is 3. The van der Waals surface area contributed by atoms with Gasteiger partial charge >= 0.3 is 0 Å². The van der Waals surface area contributed by atoms with E-state index in [1.807, 2.05) is 6.07 Å². The average molecular weight is 654 g/mol. The van der Waals surface area contributed by atoms with Gasteiger partial charge in [-0.3, -0.25) is 4.79 Å². The molecule has 0 aliphatic heterocycles. The number of aryl methyl sites for hydroxylation is 2. The van der Waals surface area contributed by atoms with Gasteiger partial charge in [-0.15, -0.1) is 22.7 Å². The van der Waals surface area contributed by atoms with Crippen molar-refractivity contribution in [1.82, 2.24) is 0 Å². The first kappa shape index (κ1) is 31.0. The lowest BCUT2D eigenvalue weighted by Gasteiger charge is -2.02. The molecule has 0 unspecified atom stereocenters. The van der Waals surface area contributed by atoms with Gasteiger partial charge in [-0.25, -0.2) is 18.9 Å². The highest BCUT2D eigenvalue weighted by Crippen LogP contribution is 2.45. The Morgan fingerprint density at radius 2 is 1.59 bits per heavy atom. The molecule has 0 N–H and O–H groups in total. The Morgan fingerprint density at radius 3 is 2.20 bits per heavy atom. The second-order valence-electron chi connectivity index (χ2n) is 10.2. The normalized spacial score (nSPS) is 14.8. The first-order valence-electron chi connectivity index (χ1n) is 14.0. The Kier molecular flexibility index (Phi) is 10.8. The van der Waals surface area contributed by atoms with Gasteiger partial charge < -0.3 is 0 Å². The van der Waals surface area contributed by atoms with Crippen molar-refractivity contribution in [1.29, 1.82) is 5.26 Å². The molecule has 0 fully saturated rings. The number of unbranched alkanes of at least 4 members (excludes halogenated alkanes) is 6. The van der Waals surface area contributed by atoms with Crippen molar-refractivity contribution in [3.05, 3.63) is 89.5 Å².